The van der Waals surface area contributed by atoms with E-state index in [9.17, 15) is 4.79 Å². The Morgan fingerprint density at radius 1 is 1.71 bits per heavy atom. The lowest BCUT2D eigenvalue weighted by Crippen LogP contribution is -2.05. The summed E-state index contributed by atoms with van der Waals surface area (Å²) in [5, 5.41) is 17.2. The summed E-state index contributed by atoms with van der Waals surface area (Å²) in [7, 11) is 0. The molecular formula is C10H10N2O2. The number of nitriles is 1. The third-order valence-corrected chi connectivity index (χ3v) is 1.87. The summed E-state index contributed by atoms with van der Waals surface area (Å²) in [5.74, 6) is -1.03. The number of hydrogen-bond acceptors (Lipinski definition) is 3. The highest BCUT2D eigenvalue weighted by atomic mass is 16.4. The predicted molar refractivity (Wildman–Crippen MR) is 49.6 cm³/mol. The monoisotopic (exact) mass is 190 g/mol. The Morgan fingerprint density at radius 2 is 2.43 bits per heavy atom. The van der Waals surface area contributed by atoms with Crippen molar-refractivity contribution >= 4 is 5.97 Å². The molecule has 0 fully saturated rings. The maximum atomic E-state index is 10.4. The van der Waals surface area contributed by atoms with Gasteiger partial charge in [0.2, 0.25) is 0 Å². The summed E-state index contributed by atoms with van der Waals surface area (Å²) in [6.07, 6.45) is 0.0296. The fourth-order valence-corrected chi connectivity index (χ4v) is 1.15. The number of carboxylic acids is 1. The lowest BCUT2D eigenvalue weighted by Gasteiger charge is -2.07. The quantitative estimate of drug-likeness (QED) is 0.784. The van der Waals surface area contributed by atoms with E-state index in [1.165, 1.54) is 0 Å². The van der Waals surface area contributed by atoms with Crippen LogP contribution in [-0.2, 0) is 4.79 Å². The standard InChI is InChI=1S/C10H10N2O2/c1-7(5-10(13)14)9-4-2-3-8(6-11)12-9/h2-4,7H,5H2,1H3,(H,13,14). The fraction of sp³-hybridized carbons (Fsp3) is 0.300. The van der Waals surface area contributed by atoms with Gasteiger partial charge in [-0.3, -0.25) is 4.79 Å². The Balaban J connectivity index is 2.85. The summed E-state index contributed by atoms with van der Waals surface area (Å²) in [6.45, 7) is 1.78. The molecule has 4 nitrogen and oxygen atoms in total. The van der Waals surface area contributed by atoms with E-state index in [1.54, 1.807) is 25.1 Å². The maximum absolute atomic E-state index is 10.4. The second-order valence-electron chi connectivity index (χ2n) is 3.06. The Bertz CT molecular complexity index is 382. The third kappa shape index (κ3) is 2.56. The smallest absolute Gasteiger partial charge is 0.304 e. The van der Waals surface area contributed by atoms with Crippen LogP contribution in [0.2, 0.25) is 0 Å². The minimum atomic E-state index is -0.860. The molecule has 4 heteroatoms. The molecule has 1 unspecified atom stereocenters. The van der Waals surface area contributed by atoms with Gasteiger partial charge in [0, 0.05) is 11.6 Å². The van der Waals surface area contributed by atoms with Crippen LogP contribution in [0.5, 0.6) is 0 Å². The zero-order valence-corrected chi connectivity index (χ0v) is 7.77. The highest BCUT2D eigenvalue weighted by molar-refractivity contribution is 5.67. The van der Waals surface area contributed by atoms with Gasteiger partial charge in [0.15, 0.2) is 0 Å². The topological polar surface area (TPSA) is 74.0 Å². The van der Waals surface area contributed by atoms with Crippen molar-refractivity contribution in [2.75, 3.05) is 0 Å². The van der Waals surface area contributed by atoms with Gasteiger partial charge >= 0.3 is 5.97 Å². The highest BCUT2D eigenvalue weighted by Crippen LogP contribution is 2.16. The Labute approximate surface area is 81.8 Å². The minimum Gasteiger partial charge on any atom is -0.481 e. The van der Waals surface area contributed by atoms with Crippen LogP contribution in [-0.4, -0.2) is 16.1 Å². The molecule has 0 radical (unpaired) electrons. The zero-order chi connectivity index (χ0) is 10.6. The van der Waals surface area contributed by atoms with E-state index in [2.05, 4.69) is 4.98 Å². The van der Waals surface area contributed by atoms with Crippen LogP contribution in [0, 0.1) is 11.3 Å². The number of pyridine rings is 1. The van der Waals surface area contributed by atoms with E-state index in [0.717, 1.165) is 0 Å². The molecule has 1 rings (SSSR count). The van der Waals surface area contributed by atoms with Gasteiger partial charge in [-0.25, -0.2) is 4.98 Å². The first-order valence-electron chi connectivity index (χ1n) is 4.22. The predicted octanol–water partition coefficient (Wildman–Crippen LogP) is 1.53. The summed E-state index contributed by atoms with van der Waals surface area (Å²) in [5.41, 5.74) is 0.964. The highest BCUT2D eigenvalue weighted by Gasteiger charge is 2.11. The number of aromatic nitrogens is 1. The van der Waals surface area contributed by atoms with Crippen LogP contribution >= 0.6 is 0 Å². The molecule has 0 aliphatic carbocycles. The maximum Gasteiger partial charge on any atom is 0.304 e. The molecule has 1 N–H and O–H groups in total. The van der Waals surface area contributed by atoms with Crippen molar-refractivity contribution in [3.63, 3.8) is 0 Å². The van der Waals surface area contributed by atoms with Crippen molar-refractivity contribution in [2.24, 2.45) is 0 Å². The summed E-state index contributed by atoms with van der Waals surface area (Å²) < 4.78 is 0. The first kappa shape index (κ1) is 10.2. The molecule has 1 aromatic heterocycles. The molecule has 1 atom stereocenters. The van der Waals surface area contributed by atoms with Crippen LogP contribution in [0.15, 0.2) is 18.2 Å². The molecule has 0 aromatic carbocycles. The third-order valence-electron chi connectivity index (χ3n) is 1.87. The molecule has 0 amide bonds. The van der Waals surface area contributed by atoms with Crippen molar-refractivity contribution < 1.29 is 9.90 Å². The summed E-state index contributed by atoms with van der Waals surface area (Å²) in [4.78, 5) is 14.5. The van der Waals surface area contributed by atoms with E-state index in [1.807, 2.05) is 6.07 Å². The van der Waals surface area contributed by atoms with Crippen molar-refractivity contribution in [1.82, 2.24) is 4.98 Å². The van der Waals surface area contributed by atoms with Crippen LogP contribution in [0.25, 0.3) is 0 Å². The fourth-order valence-electron chi connectivity index (χ4n) is 1.15. The number of aliphatic carboxylic acids is 1. The average molecular weight is 190 g/mol. The molecular weight excluding hydrogens is 180 g/mol. The summed E-state index contributed by atoms with van der Waals surface area (Å²) >= 11 is 0. The second kappa shape index (κ2) is 4.38. The van der Waals surface area contributed by atoms with Gasteiger partial charge in [-0.15, -0.1) is 0 Å². The van der Waals surface area contributed by atoms with Crippen LogP contribution < -0.4 is 0 Å². The molecule has 14 heavy (non-hydrogen) atoms. The molecule has 1 heterocycles. The van der Waals surface area contributed by atoms with Gasteiger partial charge in [-0.2, -0.15) is 5.26 Å². The summed E-state index contributed by atoms with van der Waals surface area (Å²) in [6, 6.07) is 6.95. The Morgan fingerprint density at radius 3 is 3.00 bits per heavy atom. The first-order valence-corrected chi connectivity index (χ1v) is 4.22. The molecule has 0 aliphatic heterocycles. The Hall–Kier alpha value is -1.89. The molecule has 0 saturated heterocycles. The van der Waals surface area contributed by atoms with Gasteiger partial charge in [0.05, 0.1) is 6.42 Å². The lowest BCUT2D eigenvalue weighted by atomic mass is 10.0. The van der Waals surface area contributed by atoms with Gasteiger partial charge in [0.1, 0.15) is 11.8 Å². The normalized spacial score (nSPS) is 11.7. The van der Waals surface area contributed by atoms with E-state index >= 15 is 0 Å². The van der Waals surface area contributed by atoms with Gasteiger partial charge in [0.25, 0.3) is 0 Å². The number of nitrogens with zero attached hydrogens (tertiary/aromatic N) is 2. The average Bonchev–Trinajstić information content (AvgIpc) is 2.17. The number of rotatable bonds is 3. The van der Waals surface area contributed by atoms with Crippen LogP contribution in [0.1, 0.15) is 30.7 Å². The van der Waals surface area contributed by atoms with E-state index in [0.29, 0.717) is 11.4 Å². The van der Waals surface area contributed by atoms with Gasteiger partial charge in [-0.05, 0) is 12.1 Å². The lowest BCUT2D eigenvalue weighted by molar-refractivity contribution is -0.137. The van der Waals surface area contributed by atoms with Crippen LogP contribution in [0.3, 0.4) is 0 Å². The molecule has 72 valence electrons. The second-order valence-corrected chi connectivity index (χ2v) is 3.06. The van der Waals surface area contributed by atoms with E-state index in [4.69, 9.17) is 10.4 Å². The molecule has 0 saturated carbocycles. The molecule has 1 aromatic rings. The molecule has 0 bridgehead atoms. The Kier molecular flexibility index (Phi) is 3.19. The van der Waals surface area contributed by atoms with Gasteiger partial charge in [-0.1, -0.05) is 13.0 Å². The molecule has 0 aliphatic rings. The van der Waals surface area contributed by atoms with Gasteiger partial charge < -0.3 is 5.11 Å². The number of hydrogen-bond donors (Lipinski definition) is 1. The zero-order valence-electron chi connectivity index (χ0n) is 7.77. The van der Waals surface area contributed by atoms with Crippen molar-refractivity contribution in [2.45, 2.75) is 19.3 Å². The van der Waals surface area contributed by atoms with Crippen molar-refractivity contribution in [1.29, 1.82) is 5.26 Å². The first-order chi connectivity index (χ1) is 6.63. The van der Waals surface area contributed by atoms with Crippen molar-refractivity contribution in [3.05, 3.63) is 29.6 Å². The van der Waals surface area contributed by atoms with Crippen LogP contribution in [0.4, 0.5) is 0 Å². The number of carbonyl (C=O) groups is 1. The van der Waals surface area contributed by atoms with E-state index < -0.39 is 5.97 Å². The van der Waals surface area contributed by atoms with Crippen molar-refractivity contribution in [3.8, 4) is 6.07 Å². The largest absolute Gasteiger partial charge is 0.481 e. The number of carboxylic acid groups (broad SMARTS) is 1. The minimum absolute atomic E-state index is 0.0296. The molecule has 0 spiro atoms. The SMILES string of the molecule is CC(CC(=O)O)c1cccc(C#N)n1. The van der Waals surface area contributed by atoms with E-state index in [-0.39, 0.29) is 12.3 Å².